The summed E-state index contributed by atoms with van der Waals surface area (Å²) in [6.07, 6.45) is 20.0. The minimum Gasteiger partial charge on any atom is -0.480 e. The zero-order chi connectivity index (χ0) is 17.9. The van der Waals surface area contributed by atoms with Crippen molar-refractivity contribution in [3.05, 3.63) is 0 Å². The third-order valence-corrected chi connectivity index (χ3v) is 4.44. The summed E-state index contributed by atoms with van der Waals surface area (Å²) in [6.45, 7) is 2.00. The van der Waals surface area contributed by atoms with Gasteiger partial charge in [-0.25, -0.2) is 0 Å². The second kappa shape index (κ2) is 22.2. The van der Waals surface area contributed by atoms with Gasteiger partial charge in [0.05, 0.1) is 0 Å². The molecule has 2 N–H and O–H groups in total. The topological polar surface area (TPSA) is 66.4 Å². The Kier molecular flexibility index (Phi) is 24.4. The van der Waals surface area contributed by atoms with Crippen molar-refractivity contribution < 1.29 is 14.7 Å². The van der Waals surface area contributed by atoms with Crippen LogP contribution in [0.15, 0.2) is 0 Å². The normalized spacial score (nSPS) is 10.3. The van der Waals surface area contributed by atoms with Crippen molar-refractivity contribution in [1.82, 2.24) is 5.32 Å². The van der Waals surface area contributed by atoms with Gasteiger partial charge in [0.2, 0.25) is 5.91 Å². The fourth-order valence-corrected chi connectivity index (χ4v) is 2.92. The van der Waals surface area contributed by atoms with Crippen molar-refractivity contribution in [2.24, 2.45) is 0 Å². The summed E-state index contributed by atoms with van der Waals surface area (Å²) in [5.41, 5.74) is 0. The van der Waals surface area contributed by atoms with Crippen LogP contribution in [-0.4, -0.2) is 61.3 Å². The zero-order valence-electron chi connectivity index (χ0n) is 16.5. The van der Waals surface area contributed by atoms with Crippen LogP contribution in [0.4, 0.5) is 0 Å². The molecule has 0 aliphatic heterocycles. The smallest absolute Gasteiger partial charge is 0.322 e. The molecule has 0 rings (SSSR count). The largest absolute Gasteiger partial charge is 0.480 e. The summed E-state index contributed by atoms with van der Waals surface area (Å²) in [6, 6.07) is 0. The van der Waals surface area contributed by atoms with Crippen LogP contribution < -0.4 is 5.32 Å². The summed E-state index contributed by atoms with van der Waals surface area (Å²) >= 11 is 0. The molecule has 0 spiro atoms. The van der Waals surface area contributed by atoms with Gasteiger partial charge in [0, 0.05) is 44.2 Å². The molecule has 0 aromatic heterocycles. The number of carboxylic acids is 1. The third-order valence-electron chi connectivity index (χ3n) is 4.44. The molecule has 0 heterocycles. The van der Waals surface area contributed by atoms with E-state index < -0.39 is 5.97 Å². The summed E-state index contributed by atoms with van der Waals surface area (Å²) in [5, 5.41) is 10.8. The minimum absolute atomic E-state index is 0. The number of carbonyl (C=O) groups is 2. The monoisotopic (exact) mass is 381 g/mol. The van der Waals surface area contributed by atoms with Gasteiger partial charge in [-0.2, -0.15) is 0 Å². The van der Waals surface area contributed by atoms with E-state index >= 15 is 0 Å². The SMILES string of the molecule is CCCCCCCCCCCCCCCCCC(=O)NCC(=O)O.[Ca]. The molecule has 0 aliphatic rings. The second-order valence-electron chi connectivity index (χ2n) is 6.87. The van der Waals surface area contributed by atoms with E-state index in [0.29, 0.717) is 6.42 Å². The van der Waals surface area contributed by atoms with E-state index in [2.05, 4.69) is 12.2 Å². The first kappa shape index (κ1) is 27.4. The summed E-state index contributed by atoms with van der Waals surface area (Å²) in [5.74, 6) is -1.13. The van der Waals surface area contributed by atoms with E-state index in [0.717, 1.165) is 12.8 Å². The fraction of sp³-hybridized carbons (Fsp3) is 0.900. The molecule has 0 saturated carbocycles. The Hall–Kier alpha value is 0.200. The van der Waals surface area contributed by atoms with Crippen LogP contribution in [-0.2, 0) is 9.59 Å². The molecular formula is C20H39CaNO3. The first-order chi connectivity index (χ1) is 11.7. The number of hydrogen-bond donors (Lipinski definition) is 2. The summed E-state index contributed by atoms with van der Waals surface area (Å²) in [4.78, 5) is 21.6. The van der Waals surface area contributed by atoms with Gasteiger partial charge in [-0.3, -0.25) is 9.59 Å². The number of unbranched alkanes of at least 4 members (excludes halogenated alkanes) is 14. The molecule has 0 aromatic carbocycles. The minimum atomic E-state index is -0.986. The molecule has 25 heavy (non-hydrogen) atoms. The van der Waals surface area contributed by atoms with Gasteiger partial charge in [0.25, 0.3) is 0 Å². The molecule has 0 atom stereocenters. The Morgan fingerprint density at radius 3 is 1.40 bits per heavy atom. The number of hydrogen-bond acceptors (Lipinski definition) is 2. The number of amides is 1. The maximum absolute atomic E-state index is 11.3. The zero-order valence-corrected chi connectivity index (χ0v) is 18.7. The van der Waals surface area contributed by atoms with Crippen LogP contribution in [0.1, 0.15) is 110 Å². The predicted molar refractivity (Wildman–Crippen MR) is 106 cm³/mol. The Labute approximate surface area is 184 Å². The number of carbonyl (C=O) groups excluding carboxylic acids is 1. The molecule has 0 aromatic rings. The predicted octanol–water partition coefficient (Wildman–Crippen LogP) is 5.07. The average molecular weight is 382 g/mol. The third kappa shape index (κ3) is 24.2. The van der Waals surface area contributed by atoms with Crippen LogP contribution in [0.3, 0.4) is 0 Å². The first-order valence-electron chi connectivity index (χ1n) is 10.1. The number of aliphatic carboxylic acids is 1. The van der Waals surface area contributed by atoms with Gasteiger partial charge in [-0.05, 0) is 6.42 Å². The van der Waals surface area contributed by atoms with Gasteiger partial charge >= 0.3 is 5.97 Å². The number of nitrogens with one attached hydrogen (secondary N) is 1. The van der Waals surface area contributed by atoms with Crippen molar-refractivity contribution >= 4 is 49.6 Å². The van der Waals surface area contributed by atoms with Crippen molar-refractivity contribution in [2.45, 2.75) is 110 Å². The van der Waals surface area contributed by atoms with Crippen LogP contribution in [0, 0.1) is 0 Å². The standard InChI is InChI=1S/C20H39NO3.Ca/c1-2-3-4-5-6-7-8-9-10-11-12-13-14-15-16-17-19(22)21-18-20(23)24;/h2-18H2,1H3,(H,21,22)(H,23,24);. The molecule has 4 nitrogen and oxygen atoms in total. The van der Waals surface area contributed by atoms with Gasteiger partial charge in [-0.1, -0.05) is 96.8 Å². The molecule has 0 unspecified atom stereocenters. The molecule has 0 aliphatic carbocycles. The Bertz CT molecular complexity index is 311. The molecule has 2 radical (unpaired) electrons. The average Bonchev–Trinajstić information content (AvgIpc) is 2.56. The molecular weight excluding hydrogens is 342 g/mol. The molecule has 144 valence electrons. The van der Waals surface area contributed by atoms with Gasteiger partial charge in [0.1, 0.15) is 6.54 Å². The van der Waals surface area contributed by atoms with Crippen LogP contribution in [0.25, 0.3) is 0 Å². The molecule has 0 bridgehead atoms. The van der Waals surface area contributed by atoms with Crippen molar-refractivity contribution in [3.63, 3.8) is 0 Å². The van der Waals surface area contributed by atoms with Gasteiger partial charge < -0.3 is 10.4 Å². The van der Waals surface area contributed by atoms with Gasteiger partial charge in [-0.15, -0.1) is 0 Å². The van der Waals surface area contributed by atoms with Gasteiger partial charge in [0.15, 0.2) is 0 Å². The van der Waals surface area contributed by atoms with Crippen LogP contribution >= 0.6 is 0 Å². The molecule has 1 amide bonds. The van der Waals surface area contributed by atoms with Crippen molar-refractivity contribution in [3.8, 4) is 0 Å². The van der Waals surface area contributed by atoms with E-state index in [-0.39, 0.29) is 50.2 Å². The van der Waals surface area contributed by atoms with E-state index in [1.54, 1.807) is 0 Å². The fourth-order valence-electron chi connectivity index (χ4n) is 2.92. The Balaban J connectivity index is 0. The van der Waals surface area contributed by atoms with E-state index in [1.807, 2.05) is 0 Å². The Morgan fingerprint density at radius 1 is 0.680 bits per heavy atom. The van der Waals surface area contributed by atoms with Crippen LogP contribution in [0.5, 0.6) is 0 Å². The molecule has 0 fully saturated rings. The maximum Gasteiger partial charge on any atom is 0.322 e. The quantitative estimate of drug-likeness (QED) is 0.257. The maximum atomic E-state index is 11.3. The first-order valence-corrected chi connectivity index (χ1v) is 10.1. The summed E-state index contributed by atoms with van der Waals surface area (Å²) < 4.78 is 0. The van der Waals surface area contributed by atoms with E-state index in [4.69, 9.17) is 5.11 Å². The van der Waals surface area contributed by atoms with Crippen LogP contribution in [0.2, 0.25) is 0 Å². The second-order valence-corrected chi connectivity index (χ2v) is 6.87. The van der Waals surface area contributed by atoms with Crippen molar-refractivity contribution in [1.29, 1.82) is 0 Å². The van der Waals surface area contributed by atoms with Crippen molar-refractivity contribution in [2.75, 3.05) is 6.54 Å². The molecule has 0 saturated heterocycles. The van der Waals surface area contributed by atoms with E-state index in [9.17, 15) is 9.59 Å². The molecule has 5 heteroatoms. The van der Waals surface area contributed by atoms with E-state index in [1.165, 1.54) is 83.5 Å². The Morgan fingerprint density at radius 2 is 1.04 bits per heavy atom. The number of carboxylic acid groups (broad SMARTS) is 1. The number of rotatable bonds is 18. The summed E-state index contributed by atoms with van der Waals surface area (Å²) in [7, 11) is 0.